The molecule has 0 radical (unpaired) electrons. The molecular weight excluding hydrogens is 325 g/mol. The smallest absolute Gasteiger partial charge is 0.315 e. The largest absolute Gasteiger partial charge is 0.334 e. The second-order valence-electron chi connectivity index (χ2n) is 5.99. The second-order valence-corrected chi connectivity index (χ2v) is 5.99. The maximum absolute atomic E-state index is 13.9. The highest BCUT2D eigenvalue weighted by Crippen LogP contribution is 2.24. The summed E-state index contributed by atoms with van der Waals surface area (Å²) in [6.07, 6.45) is 2.13. The highest BCUT2D eigenvalue weighted by atomic mass is 19.1. The number of nitrogens with one attached hydrogen (secondary N) is 2. The van der Waals surface area contributed by atoms with Crippen LogP contribution in [0.3, 0.4) is 0 Å². The molecule has 1 atom stereocenters. The number of anilines is 1. The number of aromatic nitrogens is 2. The number of para-hydroxylation sites is 1. The molecule has 0 spiro atoms. The Morgan fingerprint density at radius 1 is 1.40 bits per heavy atom. The monoisotopic (exact) mass is 345 g/mol. The van der Waals surface area contributed by atoms with Crippen LogP contribution in [-0.4, -0.2) is 34.3 Å². The van der Waals surface area contributed by atoms with Crippen LogP contribution in [0.5, 0.6) is 0 Å². The van der Waals surface area contributed by atoms with E-state index in [1.807, 2.05) is 14.0 Å². The molecule has 0 aliphatic carbocycles. The van der Waals surface area contributed by atoms with Crippen molar-refractivity contribution in [3.05, 3.63) is 47.5 Å². The third kappa shape index (κ3) is 3.47. The highest BCUT2D eigenvalue weighted by Gasteiger charge is 2.34. The minimum atomic E-state index is -0.658. The number of carbonyl (C=O) groups is 2. The van der Waals surface area contributed by atoms with Crippen LogP contribution in [-0.2, 0) is 18.4 Å². The Labute approximate surface area is 144 Å². The van der Waals surface area contributed by atoms with Gasteiger partial charge in [0.2, 0.25) is 5.91 Å². The Balaban J connectivity index is 1.57. The van der Waals surface area contributed by atoms with Crippen LogP contribution in [0.15, 0.2) is 30.5 Å². The van der Waals surface area contributed by atoms with Gasteiger partial charge in [-0.2, -0.15) is 5.10 Å². The first-order valence-corrected chi connectivity index (χ1v) is 8.05. The van der Waals surface area contributed by atoms with E-state index in [0.29, 0.717) is 19.5 Å². The van der Waals surface area contributed by atoms with Gasteiger partial charge in [0.1, 0.15) is 11.9 Å². The average Bonchev–Trinajstić information content (AvgIpc) is 3.10. The van der Waals surface area contributed by atoms with E-state index in [0.717, 1.165) is 11.3 Å². The summed E-state index contributed by atoms with van der Waals surface area (Å²) in [7, 11) is 1.83. The van der Waals surface area contributed by atoms with Crippen molar-refractivity contribution in [1.82, 2.24) is 20.4 Å². The summed E-state index contributed by atoms with van der Waals surface area (Å²) in [4.78, 5) is 25.8. The number of amides is 3. The van der Waals surface area contributed by atoms with Crippen LogP contribution >= 0.6 is 0 Å². The normalized spacial score (nSPS) is 17.0. The van der Waals surface area contributed by atoms with E-state index in [2.05, 4.69) is 15.7 Å². The Bertz CT molecular complexity index is 804. The summed E-state index contributed by atoms with van der Waals surface area (Å²) < 4.78 is 15.6. The van der Waals surface area contributed by atoms with Crippen molar-refractivity contribution in [2.75, 3.05) is 11.4 Å². The standard InChI is InChI=1S/C17H20FN5O2/c1-11-12(10-20-22(11)2)9-19-17(25)21-14-7-8-23(16(14)24)15-6-4-3-5-13(15)18/h3-6,10,14H,7-9H2,1-2H3,(H2,19,21,25). The number of nitrogens with zero attached hydrogens (tertiary/aromatic N) is 3. The molecule has 1 unspecified atom stereocenters. The van der Waals surface area contributed by atoms with E-state index < -0.39 is 17.9 Å². The summed E-state index contributed by atoms with van der Waals surface area (Å²) in [5.74, 6) is -0.759. The fourth-order valence-electron chi connectivity index (χ4n) is 2.83. The van der Waals surface area contributed by atoms with Gasteiger partial charge in [-0.25, -0.2) is 9.18 Å². The summed E-state index contributed by atoms with van der Waals surface area (Å²) in [6.45, 7) is 2.60. The van der Waals surface area contributed by atoms with Gasteiger partial charge in [-0.3, -0.25) is 9.48 Å². The molecule has 2 heterocycles. The van der Waals surface area contributed by atoms with Crippen LogP contribution in [0.25, 0.3) is 0 Å². The lowest BCUT2D eigenvalue weighted by Gasteiger charge is -2.18. The van der Waals surface area contributed by atoms with Crippen molar-refractivity contribution in [2.24, 2.45) is 7.05 Å². The first kappa shape index (κ1) is 16.9. The summed E-state index contributed by atoms with van der Waals surface area (Å²) in [6, 6.07) is 5.03. The van der Waals surface area contributed by atoms with Gasteiger partial charge in [-0.1, -0.05) is 12.1 Å². The van der Waals surface area contributed by atoms with Crippen LogP contribution in [0.4, 0.5) is 14.9 Å². The molecule has 3 amide bonds. The van der Waals surface area contributed by atoms with Crippen molar-refractivity contribution >= 4 is 17.6 Å². The topological polar surface area (TPSA) is 79.3 Å². The van der Waals surface area contributed by atoms with Crippen molar-refractivity contribution < 1.29 is 14.0 Å². The first-order chi connectivity index (χ1) is 12.0. The molecule has 7 nitrogen and oxygen atoms in total. The molecule has 132 valence electrons. The zero-order valence-corrected chi connectivity index (χ0v) is 14.1. The Kier molecular flexibility index (Phi) is 4.69. The van der Waals surface area contributed by atoms with Crippen LogP contribution < -0.4 is 15.5 Å². The van der Waals surface area contributed by atoms with Gasteiger partial charge in [0.15, 0.2) is 0 Å². The number of benzene rings is 1. The molecule has 1 fully saturated rings. The maximum Gasteiger partial charge on any atom is 0.315 e. The molecule has 3 rings (SSSR count). The molecule has 8 heteroatoms. The molecule has 1 aliphatic rings. The SMILES string of the molecule is Cc1c(CNC(=O)NC2CCN(c3ccccc3F)C2=O)cnn1C. The van der Waals surface area contributed by atoms with Crippen molar-refractivity contribution in [1.29, 1.82) is 0 Å². The van der Waals surface area contributed by atoms with Gasteiger partial charge >= 0.3 is 6.03 Å². The zero-order valence-electron chi connectivity index (χ0n) is 14.1. The minimum Gasteiger partial charge on any atom is -0.334 e. The summed E-state index contributed by atoms with van der Waals surface area (Å²) >= 11 is 0. The number of urea groups is 1. The van der Waals surface area contributed by atoms with Crippen LogP contribution in [0.1, 0.15) is 17.7 Å². The fraction of sp³-hybridized carbons (Fsp3) is 0.353. The Morgan fingerprint density at radius 3 is 2.84 bits per heavy atom. The van der Waals surface area contributed by atoms with Gasteiger partial charge in [-0.15, -0.1) is 0 Å². The van der Waals surface area contributed by atoms with E-state index in [1.165, 1.54) is 11.0 Å². The fourth-order valence-corrected chi connectivity index (χ4v) is 2.83. The number of rotatable bonds is 4. The number of aryl methyl sites for hydroxylation is 1. The van der Waals surface area contributed by atoms with E-state index in [9.17, 15) is 14.0 Å². The lowest BCUT2D eigenvalue weighted by Crippen LogP contribution is -2.46. The summed E-state index contributed by atoms with van der Waals surface area (Å²) in [5, 5.41) is 9.48. The molecular formula is C17H20FN5O2. The third-order valence-electron chi connectivity index (χ3n) is 4.43. The van der Waals surface area contributed by atoms with Crippen molar-refractivity contribution in [3.63, 3.8) is 0 Å². The van der Waals surface area contributed by atoms with Gasteiger partial charge in [0, 0.05) is 31.4 Å². The molecule has 0 bridgehead atoms. The molecule has 1 saturated heterocycles. The van der Waals surface area contributed by atoms with E-state index in [-0.39, 0.29) is 11.6 Å². The lowest BCUT2D eigenvalue weighted by molar-refractivity contribution is -0.118. The summed E-state index contributed by atoms with van der Waals surface area (Å²) in [5.41, 5.74) is 2.11. The van der Waals surface area contributed by atoms with E-state index in [1.54, 1.807) is 29.1 Å². The lowest BCUT2D eigenvalue weighted by atomic mass is 10.2. The van der Waals surface area contributed by atoms with Crippen LogP contribution in [0, 0.1) is 12.7 Å². The van der Waals surface area contributed by atoms with Crippen molar-refractivity contribution in [2.45, 2.75) is 25.9 Å². The zero-order chi connectivity index (χ0) is 18.0. The quantitative estimate of drug-likeness (QED) is 0.881. The first-order valence-electron chi connectivity index (χ1n) is 8.05. The number of hydrogen-bond acceptors (Lipinski definition) is 3. The highest BCUT2D eigenvalue weighted by molar-refractivity contribution is 6.01. The molecule has 25 heavy (non-hydrogen) atoms. The number of carbonyl (C=O) groups excluding carboxylic acids is 2. The Morgan fingerprint density at radius 2 is 2.16 bits per heavy atom. The minimum absolute atomic E-state index is 0.239. The molecule has 1 aromatic carbocycles. The van der Waals surface area contributed by atoms with E-state index in [4.69, 9.17) is 0 Å². The Hall–Kier alpha value is -2.90. The van der Waals surface area contributed by atoms with Crippen LogP contribution in [0.2, 0.25) is 0 Å². The molecule has 0 saturated carbocycles. The van der Waals surface area contributed by atoms with Crippen molar-refractivity contribution in [3.8, 4) is 0 Å². The van der Waals surface area contributed by atoms with Gasteiger partial charge in [-0.05, 0) is 25.5 Å². The van der Waals surface area contributed by atoms with Gasteiger partial charge < -0.3 is 15.5 Å². The molecule has 2 N–H and O–H groups in total. The maximum atomic E-state index is 13.9. The predicted octanol–water partition coefficient (Wildman–Crippen LogP) is 1.47. The van der Waals surface area contributed by atoms with E-state index >= 15 is 0 Å². The van der Waals surface area contributed by atoms with Gasteiger partial charge in [0.25, 0.3) is 0 Å². The molecule has 1 aliphatic heterocycles. The molecule has 1 aromatic heterocycles. The predicted molar refractivity (Wildman–Crippen MR) is 90.5 cm³/mol. The van der Waals surface area contributed by atoms with Gasteiger partial charge in [0.05, 0.1) is 11.9 Å². The molecule has 2 aromatic rings. The average molecular weight is 345 g/mol. The number of hydrogen-bond donors (Lipinski definition) is 2. The second kappa shape index (κ2) is 6.92. The third-order valence-corrected chi connectivity index (χ3v) is 4.43. The number of halogens is 1.